The van der Waals surface area contributed by atoms with Crippen molar-refractivity contribution in [3.63, 3.8) is 0 Å². The Labute approximate surface area is 153 Å². The molecule has 0 nitrogen and oxygen atoms in total. The number of benzene rings is 1. The van der Waals surface area contributed by atoms with E-state index in [1.54, 1.807) is 11.1 Å². The summed E-state index contributed by atoms with van der Waals surface area (Å²) in [5.41, 5.74) is 3.94. The lowest BCUT2D eigenvalue weighted by atomic mass is 9.69. The van der Waals surface area contributed by atoms with Gasteiger partial charge in [0.2, 0.25) is 0 Å². The van der Waals surface area contributed by atoms with Gasteiger partial charge in [-0.1, -0.05) is 88.0 Å². The molecule has 0 aromatic heterocycles. The molecule has 4 heteroatoms. The Morgan fingerprint density at radius 1 is 0.800 bits per heavy atom. The zero-order valence-electron chi connectivity index (χ0n) is 10.8. The van der Waals surface area contributed by atoms with Gasteiger partial charge in [-0.2, -0.15) is 0 Å². The van der Waals surface area contributed by atoms with Gasteiger partial charge in [0, 0.05) is 10.8 Å². The van der Waals surface area contributed by atoms with E-state index in [1.807, 2.05) is 0 Å². The second-order valence-corrected chi connectivity index (χ2v) is 14.3. The Kier molecular flexibility index (Phi) is 2.46. The highest BCUT2D eigenvalue weighted by Crippen LogP contribution is 2.93. The van der Waals surface area contributed by atoms with Crippen LogP contribution in [0.25, 0.3) is 0 Å². The first-order valence-electron chi connectivity index (χ1n) is 7.18. The van der Waals surface area contributed by atoms with Crippen molar-refractivity contribution in [3.8, 4) is 0 Å². The van der Waals surface area contributed by atoms with E-state index < -0.39 is 0 Å². The molecule has 3 saturated carbocycles. The fourth-order valence-electron chi connectivity index (χ4n) is 5.41. The van der Waals surface area contributed by atoms with Crippen molar-refractivity contribution in [3.05, 3.63) is 35.4 Å². The lowest BCUT2D eigenvalue weighted by Crippen LogP contribution is -2.29. The lowest BCUT2D eigenvalue weighted by molar-refractivity contribution is 0.211. The second kappa shape index (κ2) is 3.62. The van der Waals surface area contributed by atoms with Crippen LogP contribution < -0.4 is 0 Å². The fourth-order valence-corrected chi connectivity index (χ4v) is 9.60. The van der Waals surface area contributed by atoms with Gasteiger partial charge in [-0.15, -0.1) is 0 Å². The number of rotatable bonds is 0. The number of hydrogen-bond acceptors (Lipinski definition) is 0. The van der Waals surface area contributed by atoms with Crippen molar-refractivity contribution in [1.29, 1.82) is 0 Å². The van der Waals surface area contributed by atoms with Crippen molar-refractivity contribution in [2.45, 2.75) is 32.2 Å². The molecule has 4 atom stereocenters. The van der Waals surface area contributed by atoms with Crippen molar-refractivity contribution < 1.29 is 0 Å². The molecule has 0 bridgehead atoms. The maximum atomic E-state index is 4.08. The van der Waals surface area contributed by atoms with Gasteiger partial charge in [0.05, 0.1) is 6.47 Å². The highest BCUT2D eigenvalue weighted by Gasteiger charge is 2.90. The van der Waals surface area contributed by atoms with Gasteiger partial charge < -0.3 is 0 Å². The largest absolute Gasteiger partial charge is 0.0936 e. The maximum absolute atomic E-state index is 4.08. The third-order valence-corrected chi connectivity index (χ3v) is 12.0. The number of fused-ring (bicyclic) bond motifs is 2. The summed E-state index contributed by atoms with van der Waals surface area (Å²) in [5, 5.41) is 0. The van der Waals surface area contributed by atoms with Crippen molar-refractivity contribution in [1.82, 2.24) is 0 Å². The summed E-state index contributed by atoms with van der Waals surface area (Å²) >= 11 is 16.0. The fraction of sp³-hybridized carbons (Fsp3) is 0.625. The molecular formula is C16H14Br4. The molecule has 1 aromatic carbocycles. The van der Waals surface area contributed by atoms with Gasteiger partial charge in [-0.25, -0.2) is 0 Å². The predicted molar refractivity (Wildman–Crippen MR) is 96.1 cm³/mol. The third-order valence-electron chi connectivity index (χ3n) is 6.66. The van der Waals surface area contributed by atoms with Gasteiger partial charge in [0.15, 0.2) is 0 Å². The number of halogens is 4. The van der Waals surface area contributed by atoms with Gasteiger partial charge in [0.1, 0.15) is 0 Å². The minimum absolute atomic E-state index is 0.141. The summed E-state index contributed by atoms with van der Waals surface area (Å²) in [6.07, 6.45) is 5.08. The zero-order chi connectivity index (χ0) is 14.0. The van der Waals surface area contributed by atoms with Gasteiger partial charge in [-0.05, 0) is 48.6 Å². The van der Waals surface area contributed by atoms with Crippen LogP contribution in [0.2, 0.25) is 0 Å². The van der Waals surface area contributed by atoms with Crippen LogP contribution in [-0.4, -0.2) is 6.47 Å². The molecule has 4 aliphatic carbocycles. The molecule has 0 radical (unpaired) electrons. The summed E-state index contributed by atoms with van der Waals surface area (Å²) in [7, 11) is 0. The minimum Gasteiger partial charge on any atom is -0.0721 e. The molecule has 3 fully saturated rings. The quantitative estimate of drug-likeness (QED) is 0.377. The van der Waals surface area contributed by atoms with Crippen LogP contribution in [0.3, 0.4) is 0 Å². The third kappa shape index (κ3) is 1.24. The Bertz CT molecular complexity index is 586. The lowest BCUT2D eigenvalue weighted by Gasteiger charge is -2.34. The molecular weight excluding hydrogens is 512 g/mol. The van der Waals surface area contributed by atoms with Gasteiger partial charge in [-0.3, -0.25) is 0 Å². The summed E-state index contributed by atoms with van der Waals surface area (Å²) in [6.45, 7) is 0. The van der Waals surface area contributed by atoms with Crippen LogP contribution in [0, 0.1) is 22.7 Å². The summed E-state index contributed by atoms with van der Waals surface area (Å²) in [4.78, 5) is 0. The van der Waals surface area contributed by atoms with E-state index in [0.29, 0.717) is 10.8 Å². The predicted octanol–water partition coefficient (Wildman–Crippen LogP) is 5.78. The van der Waals surface area contributed by atoms with E-state index in [9.17, 15) is 0 Å². The van der Waals surface area contributed by atoms with E-state index in [2.05, 4.69) is 88.0 Å². The molecule has 0 saturated heterocycles. The van der Waals surface area contributed by atoms with Crippen LogP contribution in [0.5, 0.6) is 0 Å². The molecule has 4 aliphatic rings. The second-order valence-electron chi connectivity index (χ2n) is 7.16. The van der Waals surface area contributed by atoms with E-state index in [0.717, 1.165) is 11.8 Å². The summed E-state index contributed by atoms with van der Waals surface area (Å²) in [5.74, 6) is 1.58. The standard InChI is InChI=1S/C16H14Br4/c17-15(18)11-7-13-5-9-3-1-2-4-10(9)6-14(13,8-12(11)15)16(13,19)20/h1-4,11-12H,5-8H2/t11-,12-,13+,14+/m0/s1. The van der Waals surface area contributed by atoms with Crippen molar-refractivity contribution >= 4 is 63.7 Å². The molecule has 5 rings (SSSR count). The first kappa shape index (κ1) is 13.6. The van der Waals surface area contributed by atoms with E-state index in [4.69, 9.17) is 0 Å². The number of hydrogen-bond donors (Lipinski definition) is 0. The Hall–Kier alpha value is 1.14. The number of alkyl halides is 4. The molecule has 106 valence electrons. The van der Waals surface area contributed by atoms with Crippen LogP contribution in [0.15, 0.2) is 24.3 Å². The van der Waals surface area contributed by atoms with Crippen LogP contribution in [0.4, 0.5) is 0 Å². The Balaban J connectivity index is 1.64. The minimum atomic E-state index is 0.141. The molecule has 0 aliphatic heterocycles. The normalized spacial score (nSPS) is 48.4. The Morgan fingerprint density at radius 2 is 1.25 bits per heavy atom. The first-order valence-corrected chi connectivity index (χ1v) is 10.4. The topological polar surface area (TPSA) is 0 Å². The van der Waals surface area contributed by atoms with Crippen molar-refractivity contribution in [2.24, 2.45) is 22.7 Å². The molecule has 0 N–H and O–H groups in total. The Morgan fingerprint density at radius 3 is 1.70 bits per heavy atom. The van der Waals surface area contributed by atoms with Crippen LogP contribution in [-0.2, 0) is 12.8 Å². The van der Waals surface area contributed by atoms with Crippen LogP contribution >= 0.6 is 63.7 Å². The molecule has 1 aromatic rings. The highest BCUT2D eigenvalue weighted by molar-refractivity contribution is 9.26. The summed E-state index contributed by atoms with van der Waals surface area (Å²) < 4.78 is 0.364. The van der Waals surface area contributed by atoms with Gasteiger partial charge >= 0.3 is 0 Å². The monoisotopic (exact) mass is 522 g/mol. The zero-order valence-corrected chi connectivity index (χ0v) is 17.1. The maximum Gasteiger partial charge on any atom is 0.0936 e. The van der Waals surface area contributed by atoms with Gasteiger partial charge in [0.25, 0.3) is 0 Å². The van der Waals surface area contributed by atoms with E-state index in [-0.39, 0.29) is 6.47 Å². The van der Waals surface area contributed by atoms with Crippen LogP contribution in [0.1, 0.15) is 24.0 Å². The molecule has 0 amide bonds. The average molecular weight is 526 g/mol. The molecule has 20 heavy (non-hydrogen) atoms. The highest BCUT2D eigenvalue weighted by atomic mass is 79.9. The molecule has 0 unspecified atom stereocenters. The first-order chi connectivity index (χ1) is 9.36. The SMILES string of the molecule is BrC1(Br)[C@H]2C[C@]34Cc5ccccc5C[C@]3(C[C@@H]21)C4(Br)Br. The smallest absolute Gasteiger partial charge is 0.0721 e. The average Bonchev–Trinajstić information content (AvgIpc) is 3.09. The molecule has 0 spiro atoms. The van der Waals surface area contributed by atoms with E-state index in [1.165, 1.54) is 25.7 Å². The van der Waals surface area contributed by atoms with Crippen molar-refractivity contribution in [2.75, 3.05) is 0 Å². The summed E-state index contributed by atoms with van der Waals surface area (Å²) in [6, 6.07) is 9.04. The molecule has 0 heterocycles. The van der Waals surface area contributed by atoms with E-state index >= 15 is 0 Å².